The fourth-order valence-corrected chi connectivity index (χ4v) is 3.73. The van der Waals surface area contributed by atoms with Gasteiger partial charge in [-0.3, -0.25) is 4.79 Å². The maximum Gasteiger partial charge on any atom is 0.254 e. The van der Waals surface area contributed by atoms with Gasteiger partial charge in [-0.1, -0.05) is 24.3 Å². The number of fused-ring (bicyclic) bond motifs is 2. The Morgan fingerprint density at radius 3 is 2.78 bits per heavy atom. The molecule has 2 nitrogen and oxygen atoms in total. The SMILES string of the molecule is C=C[C@@H]1C[C@H]2CC[C@]1(C)N2C(=O)c1ccccc1. The van der Waals surface area contributed by atoms with Crippen molar-refractivity contribution in [2.75, 3.05) is 0 Å². The summed E-state index contributed by atoms with van der Waals surface area (Å²) in [5.74, 6) is 0.633. The van der Waals surface area contributed by atoms with E-state index in [1.165, 1.54) is 0 Å². The first-order valence-corrected chi connectivity index (χ1v) is 6.68. The van der Waals surface area contributed by atoms with Crippen molar-refractivity contribution in [3.8, 4) is 0 Å². The molecule has 0 aromatic heterocycles. The lowest BCUT2D eigenvalue weighted by Gasteiger charge is -2.35. The van der Waals surface area contributed by atoms with Crippen LogP contribution in [-0.4, -0.2) is 22.4 Å². The number of benzene rings is 1. The van der Waals surface area contributed by atoms with Crippen LogP contribution >= 0.6 is 0 Å². The van der Waals surface area contributed by atoms with Gasteiger partial charge in [0.25, 0.3) is 5.91 Å². The predicted octanol–water partition coefficient (Wildman–Crippen LogP) is 3.26. The topological polar surface area (TPSA) is 20.3 Å². The molecule has 1 amide bonds. The standard InChI is InChI=1S/C16H19NO/c1-3-13-11-14-9-10-16(13,2)17(14)15(18)12-7-5-4-6-8-12/h3-8,13-14H,1,9-11H2,2H3/t13-,14-,16+/m1/s1. The van der Waals surface area contributed by atoms with Gasteiger partial charge < -0.3 is 4.90 Å². The summed E-state index contributed by atoms with van der Waals surface area (Å²) >= 11 is 0. The molecule has 18 heavy (non-hydrogen) atoms. The molecule has 0 unspecified atom stereocenters. The molecule has 1 aromatic carbocycles. The number of nitrogens with zero attached hydrogens (tertiary/aromatic N) is 1. The summed E-state index contributed by atoms with van der Waals surface area (Å²) in [4.78, 5) is 14.8. The van der Waals surface area contributed by atoms with Crippen LogP contribution in [0.3, 0.4) is 0 Å². The fourth-order valence-electron chi connectivity index (χ4n) is 3.73. The second-order valence-electron chi connectivity index (χ2n) is 5.67. The molecular formula is C16H19NO. The summed E-state index contributed by atoms with van der Waals surface area (Å²) in [6, 6.07) is 10.0. The van der Waals surface area contributed by atoms with Crippen molar-refractivity contribution >= 4 is 5.91 Å². The normalized spacial score (nSPS) is 33.7. The molecule has 0 aliphatic carbocycles. The highest BCUT2D eigenvalue weighted by Gasteiger charge is 2.55. The minimum Gasteiger partial charge on any atom is -0.330 e. The monoisotopic (exact) mass is 241 g/mol. The van der Waals surface area contributed by atoms with Crippen molar-refractivity contribution in [1.82, 2.24) is 4.90 Å². The third-order valence-electron chi connectivity index (χ3n) is 4.75. The lowest BCUT2D eigenvalue weighted by atomic mass is 9.79. The molecule has 2 fully saturated rings. The predicted molar refractivity (Wildman–Crippen MR) is 72.3 cm³/mol. The van der Waals surface area contributed by atoms with E-state index in [1.54, 1.807) is 0 Å². The molecule has 0 radical (unpaired) electrons. The summed E-state index contributed by atoms with van der Waals surface area (Å²) in [6.07, 6.45) is 5.36. The Labute approximate surface area is 108 Å². The molecular weight excluding hydrogens is 222 g/mol. The number of hydrogen-bond acceptors (Lipinski definition) is 1. The van der Waals surface area contributed by atoms with Crippen molar-refractivity contribution in [2.24, 2.45) is 5.92 Å². The highest BCUT2D eigenvalue weighted by molar-refractivity contribution is 5.95. The van der Waals surface area contributed by atoms with Crippen LogP contribution in [0.25, 0.3) is 0 Å². The Bertz CT molecular complexity index is 481. The first-order chi connectivity index (χ1) is 8.66. The maximum absolute atomic E-state index is 12.7. The van der Waals surface area contributed by atoms with Crippen LogP contribution in [-0.2, 0) is 0 Å². The summed E-state index contributed by atoms with van der Waals surface area (Å²) < 4.78 is 0. The zero-order chi connectivity index (χ0) is 12.8. The molecule has 2 bridgehead atoms. The second-order valence-corrected chi connectivity index (χ2v) is 5.67. The van der Waals surface area contributed by atoms with Crippen LogP contribution in [0, 0.1) is 5.92 Å². The lowest BCUT2D eigenvalue weighted by Crippen LogP contribution is -2.45. The quantitative estimate of drug-likeness (QED) is 0.728. The smallest absolute Gasteiger partial charge is 0.254 e. The van der Waals surface area contributed by atoms with Crippen LogP contribution in [0.4, 0.5) is 0 Å². The molecule has 1 aromatic rings. The van der Waals surface area contributed by atoms with E-state index in [1.807, 2.05) is 36.4 Å². The Morgan fingerprint density at radius 1 is 1.44 bits per heavy atom. The maximum atomic E-state index is 12.7. The summed E-state index contributed by atoms with van der Waals surface area (Å²) in [5, 5.41) is 0. The van der Waals surface area contributed by atoms with E-state index in [-0.39, 0.29) is 11.4 Å². The minimum atomic E-state index is -0.0145. The molecule has 3 rings (SSSR count). The van der Waals surface area contributed by atoms with E-state index in [9.17, 15) is 4.79 Å². The average Bonchev–Trinajstić information content (AvgIpc) is 2.88. The first-order valence-electron chi connectivity index (χ1n) is 6.68. The first kappa shape index (κ1) is 11.5. The highest BCUT2D eigenvalue weighted by Crippen LogP contribution is 2.50. The molecule has 2 aliphatic rings. The average molecular weight is 241 g/mol. The van der Waals surface area contributed by atoms with Gasteiger partial charge in [0.2, 0.25) is 0 Å². The summed E-state index contributed by atoms with van der Waals surface area (Å²) in [5.41, 5.74) is 0.791. The van der Waals surface area contributed by atoms with Crippen LogP contribution in [0.5, 0.6) is 0 Å². The van der Waals surface area contributed by atoms with Gasteiger partial charge in [-0.2, -0.15) is 0 Å². The van der Waals surface area contributed by atoms with Gasteiger partial charge >= 0.3 is 0 Å². The highest BCUT2D eigenvalue weighted by atomic mass is 16.2. The van der Waals surface area contributed by atoms with Crippen LogP contribution < -0.4 is 0 Å². The van der Waals surface area contributed by atoms with Crippen molar-refractivity contribution in [2.45, 2.75) is 37.8 Å². The van der Waals surface area contributed by atoms with Crippen molar-refractivity contribution in [3.63, 3.8) is 0 Å². The Kier molecular flexibility index (Phi) is 2.54. The van der Waals surface area contributed by atoms with Gasteiger partial charge in [0, 0.05) is 23.1 Å². The van der Waals surface area contributed by atoms with E-state index < -0.39 is 0 Å². The van der Waals surface area contributed by atoms with Gasteiger partial charge in [-0.05, 0) is 38.3 Å². The van der Waals surface area contributed by atoms with Gasteiger partial charge in [0.1, 0.15) is 0 Å². The molecule has 3 atom stereocenters. The lowest BCUT2D eigenvalue weighted by molar-refractivity contribution is 0.0617. The second kappa shape index (κ2) is 3.98. The Morgan fingerprint density at radius 2 is 2.17 bits per heavy atom. The fraction of sp³-hybridized carbons (Fsp3) is 0.438. The van der Waals surface area contributed by atoms with E-state index in [0.29, 0.717) is 12.0 Å². The molecule has 0 spiro atoms. The number of amides is 1. The summed E-state index contributed by atoms with van der Waals surface area (Å²) in [6.45, 7) is 6.15. The minimum absolute atomic E-state index is 0.0145. The molecule has 0 N–H and O–H groups in total. The molecule has 2 saturated heterocycles. The van der Waals surface area contributed by atoms with Crippen LogP contribution in [0.15, 0.2) is 43.0 Å². The number of carbonyl (C=O) groups excluding carboxylic acids is 1. The van der Waals surface area contributed by atoms with Gasteiger partial charge in [0.05, 0.1) is 0 Å². The van der Waals surface area contributed by atoms with Gasteiger partial charge in [0.15, 0.2) is 0 Å². The van der Waals surface area contributed by atoms with Crippen molar-refractivity contribution in [3.05, 3.63) is 48.6 Å². The Hall–Kier alpha value is -1.57. The molecule has 2 heterocycles. The van der Waals surface area contributed by atoms with Crippen molar-refractivity contribution in [1.29, 1.82) is 0 Å². The number of carbonyl (C=O) groups is 1. The van der Waals surface area contributed by atoms with Crippen LogP contribution in [0.1, 0.15) is 36.5 Å². The van der Waals surface area contributed by atoms with E-state index in [2.05, 4.69) is 18.4 Å². The zero-order valence-electron chi connectivity index (χ0n) is 10.8. The van der Waals surface area contributed by atoms with E-state index >= 15 is 0 Å². The Balaban J connectivity index is 1.94. The molecule has 94 valence electrons. The number of rotatable bonds is 2. The van der Waals surface area contributed by atoms with Gasteiger partial charge in [-0.15, -0.1) is 6.58 Å². The number of hydrogen-bond donors (Lipinski definition) is 0. The third kappa shape index (κ3) is 1.45. The third-order valence-corrected chi connectivity index (χ3v) is 4.75. The van der Waals surface area contributed by atoms with E-state index in [4.69, 9.17) is 0 Å². The van der Waals surface area contributed by atoms with Gasteiger partial charge in [-0.25, -0.2) is 0 Å². The van der Waals surface area contributed by atoms with E-state index in [0.717, 1.165) is 24.8 Å². The van der Waals surface area contributed by atoms with Crippen molar-refractivity contribution < 1.29 is 4.79 Å². The molecule has 2 aliphatic heterocycles. The zero-order valence-corrected chi connectivity index (χ0v) is 10.8. The molecule has 2 heteroatoms. The molecule has 0 saturated carbocycles. The summed E-state index contributed by atoms with van der Waals surface area (Å²) in [7, 11) is 0. The largest absolute Gasteiger partial charge is 0.330 e. The van der Waals surface area contributed by atoms with Crippen LogP contribution in [0.2, 0.25) is 0 Å².